The molecule has 0 radical (unpaired) electrons. The zero-order valence-electron chi connectivity index (χ0n) is 11.6. The largest absolute Gasteiger partial charge is 0.469 e. The minimum absolute atomic E-state index is 0.0700. The van der Waals surface area contributed by atoms with Gasteiger partial charge in [-0.1, -0.05) is 12.5 Å². The minimum Gasteiger partial charge on any atom is -0.469 e. The first-order valence-electron chi connectivity index (χ1n) is 6.85. The van der Waals surface area contributed by atoms with E-state index in [1.54, 1.807) is 0 Å². The van der Waals surface area contributed by atoms with Crippen molar-refractivity contribution in [2.75, 3.05) is 13.7 Å². The van der Waals surface area contributed by atoms with E-state index in [4.69, 9.17) is 4.74 Å². The summed E-state index contributed by atoms with van der Waals surface area (Å²) in [5.74, 6) is -1.36. The van der Waals surface area contributed by atoms with E-state index < -0.39 is 11.6 Å². The van der Waals surface area contributed by atoms with Crippen LogP contribution in [-0.2, 0) is 16.1 Å². The highest BCUT2D eigenvalue weighted by Gasteiger charge is 2.25. The highest BCUT2D eigenvalue weighted by atomic mass is 19.1. The molecular formula is C15H19F2NO2. The third kappa shape index (κ3) is 3.76. The van der Waals surface area contributed by atoms with Crippen LogP contribution in [0, 0.1) is 11.6 Å². The molecule has 1 aliphatic heterocycles. The van der Waals surface area contributed by atoms with Crippen LogP contribution in [0.4, 0.5) is 8.78 Å². The molecule has 1 fully saturated rings. The number of carbonyl (C=O) groups is 1. The number of esters is 1. The molecule has 0 N–H and O–H groups in total. The van der Waals surface area contributed by atoms with E-state index in [0.29, 0.717) is 18.5 Å². The topological polar surface area (TPSA) is 29.5 Å². The molecule has 0 aromatic heterocycles. The maximum absolute atomic E-state index is 13.7. The Morgan fingerprint density at radius 1 is 1.40 bits per heavy atom. The van der Waals surface area contributed by atoms with Crippen LogP contribution in [0.5, 0.6) is 0 Å². The summed E-state index contributed by atoms with van der Waals surface area (Å²) in [5.41, 5.74) is 0.461. The van der Waals surface area contributed by atoms with Gasteiger partial charge in [0.25, 0.3) is 0 Å². The Bertz CT molecular complexity index is 479. The smallest absolute Gasteiger partial charge is 0.307 e. The van der Waals surface area contributed by atoms with Crippen LogP contribution in [-0.4, -0.2) is 30.6 Å². The number of hydrogen-bond donors (Lipinski definition) is 0. The number of rotatable bonds is 4. The Kier molecular flexibility index (Phi) is 5.06. The first-order chi connectivity index (χ1) is 9.60. The molecule has 0 bridgehead atoms. The molecule has 3 nitrogen and oxygen atoms in total. The van der Waals surface area contributed by atoms with Crippen molar-refractivity contribution in [2.45, 2.75) is 38.3 Å². The summed E-state index contributed by atoms with van der Waals surface area (Å²) in [4.78, 5) is 13.5. The molecule has 1 atom stereocenters. The third-order valence-electron chi connectivity index (χ3n) is 3.77. The Balaban J connectivity index is 2.06. The lowest BCUT2D eigenvalue weighted by Crippen LogP contribution is -2.40. The Morgan fingerprint density at radius 3 is 2.90 bits per heavy atom. The quantitative estimate of drug-likeness (QED) is 0.796. The predicted molar refractivity (Wildman–Crippen MR) is 71.0 cm³/mol. The van der Waals surface area contributed by atoms with E-state index in [1.807, 2.05) is 0 Å². The summed E-state index contributed by atoms with van der Waals surface area (Å²) in [6, 6.07) is 3.70. The van der Waals surface area contributed by atoms with Crippen LogP contribution in [0.1, 0.15) is 31.2 Å². The summed E-state index contributed by atoms with van der Waals surface area (Å²) in [6.45, 7) is 1.21. The Labute approximate surface area is 117 Å². The van der Waals surface area contributed by atoms with Gasteiger partial charge in [0, 0.05) is 24.2 Å². The van der Waals surface area contributed by atoms with Crippen LogP contribution >= 0.6 is 0 Å². The molecule has 20 heavy (non-hydrogen) atoms. The number of piperidine rings is 1. The molecule has 1 heterocycles. The number of carbonyl (C=O) groups excluding carboxylic acids is 1. The van der Waals surface area contributed by atoms with Gasteiger partial charge in [-0.25, -0.2) is 8.78 Å². The van der Waals surface area contributed by atoms with Gasteiger partial charge in [-0.15, -0.1) is 0 Å². The normalized spacial score (nSPS) is 19.9. The second kappa shape index (κ2) is 6.79. The summed E-state index contributed by atoms with van der Waals surface area (Å²) in [7, 11) is 1.37. The average Bonchev–Trinajstić information content (AvgIpc) is 2.43. The highest BCUT2D eigenvalue weighted by molar-refractivity contribution is 5.69. The van der Waals surface area contributed by atoms with Gasteiger partial charge in [-0.05, 0) is 25.5 Å². The molecule has 1 saturated heterocycles. The lowest BCUT2D eigenvalue weighted by atomic mass is 9.98. The summed E-state index contributed by atoms with van der Waals surface area (Å²) in [6.07, 6.45) is 3.31. The fourth-order valence-electron chi connectivity index (χ4n) is 2.64. The van der Waals surface area contributed by atoms with Gasteiger partial charge < -0.3 is 4.74 Å². The van der Waals surface area contributed by atoms with Crippen molar-refractivity contribution >= 4 is 5.97 Å². The molecule has 2 rings (SSSR count). The van der Waals surface area contributed by atoms with E-state index in [-0.39, 0.29) is 12.0 Å². The number of hydrogen-bond acceptors (Lipinski definition) is 3. The molecule has 0 spiro atoms. The van der Waals surface area contributed by atoms with Gasteiger partial charge in [0.05, 0.1) is 13.5 Å². The number of benzene rings is 1. The predicted octanol–water partition coefficient (Wildman–Crippen LogP) is 2.88. The number of nitrogens with zero attached hydrogens (tertiary/aromatic N) is 1. The fraction of sp³-hybridized carbons (Fsp3) is 0.533. The molecule has 1 aromatic carbocycles. The van der Waals surface area contributed by atoms with Gasteiger partial charge in [-0.2, -0.15) is 0 Å². The molecule has 110 valence electrons. The molecule has 1 unspecified atom stereocenters. The van der Waals surface area contributed by atoms with Crippen molar-refractivity contribution in [3.8, 4) is 0 Å². The summed E-state index contributed by atoms with van der Waals surface area (Å²) in [5, 5.41) is 0. The molecule has 0 saturated carbocycles. The first kappa shape index (κ1) is 14.9. The minimum atomic E-state index is -0.573. The van der Waals surface area contributed by atoms with Gasteiger partial charge >= 0.3 is 5.97 Å². The SMILES string of the molecule is COC(=O)CC1CCCCN1Cc1ccc(F)cc1F. The van der Waals surface area contributed by atoms with E-state index in [1.165, 1.54) is 19.2 Å². The van der Waals surface area contributed by atoms with Gasteiger partial charge in [-0.3, -0.25) is 9.69 Å². The van der Waals surface area contributed by atoms with Gasteiger partial charge in [0.1, 0.15) is 11.6 Å². The van der Waals surface area contributed by atoms with Crippen LogP contribution in [0.25, 0.3) is 0 Å². The van der Waals surface area contributed by atoms with E-state index in [2.05, 4.69) is 4.90 Å². The van der Waals surface area contributed by atoms with Crippen LogP contribution in [0.2, 0.25) is 0 Å². The molecule has 0 amide bonds. The zero-order valence-corrected chi connectivity index (χ0v) is 11.6. The molecule has 1 aliphatic rings. The molecular weight excluding hydrogens is 264 g/mol. The van der Waals surface area contributed by atoms with E-state index >= 15 is 0 Å². The van der Waals surface area contributed by atoms with Crippen molar-refractivity contribution in [1.29, 1.82) is 0 Å². The third-order valence-corrected chi connectivity index (χ3v) is 3.77. The van der Waals surface area contributed by atoms with Gasteiger partial charge in [0.2, 0.25) is 0 Å². The molecule has 0 aliphatic carbocycles. The lowest BCUT2D eigenvalue weighted by Gasteiger charge is -2.35. The highest BCUT2D eigenvalue weighted by Crippen LogP contribution is 2.23. The van der Waals surface area contributed by atoms with E-state index in [9.17, 15) is 13.6 Å². The maximum Gasteiger partial charge on any atom is 0.307 e. The summed E-state index contributed by atoms with van der Waals surface area (Å²) < 4.78 is 31.3. The van der Waals surface area contributed by atoms with Crippen LogP contribution in [0.3, 0.4) is 0 Å². The second-order valence-electron chi connectivity index (χ2n) is 5.14. The van der Waals surface area contributed by atoms with Crippen molar-refractivity contribution in [1.82, 2.24) is 4.90 Å². The van der Waals surface area contributed by atoms with Crippen molar-refractivity contribution < 1.29 is 18.3 Å². The molecule has 1 aromatic rings. The van der Waals surface area contributed by atoms with Gasteiger partial charge in [0.15, 0.2) is 0 Å². The number of likely N-dealkylation sites (tertiary alicyclic amines) is 1. The number of halogens is 2. The van der Waals surface area contributed by atoms with Crippen LogP contribution < -0.4 is 0 Å². The Hall–Kier alpha value is -1.49. The molecule has 5 heteroatoms. The number of ether oxygens (including phenoxy) is 1. The van der Waals surface area contributed by atoms with Crippen LogP contribution in [0.15, 0.2) is 18.2 Å². The van der Waals surface area contributed by atoms with Crippen molar-refractivity contribution in [2.24, 2.45) is 0 Å². The Morgan fingerprint density at radius 2 is 2.20 bits per heavy atom. The standard InChI is InChI=1S/C15H19F2NO2/c1-20-15(19)9-13-4-2-3-7-18(13)10-11-5-6-12(16)8-14(11)17/h5-6,8,13H,2-4,7,9-10H2,1H3. The zero-order chi connectivity index (χ0) is 14.5. The van der Waals surface area contributed by atoms with Crippen molar-refractivity contribution in [3.05, 3.63) is 35.4 Å². The number of methoxy groups -OCH3 is 1. The van der Waals surface area contributed by atoms with Crippen molar-refractivity contribution in [3.63, 3.8) is 0 Å². The average molecular weight is 283 g/mol. The summed E-state index contributed by atoms with van der Waals surface area (Å²) >= 11 is 0. The maximum atomic E-state index is 13.7. The fourth-order valence-corrected chi connectivity index (χ4v) is 2.64. The monoisotopic (exact) mass is 283 g/mol. The first-order valence-corrected chi connectivity index (χ1v) is 6.85. The second-order valence-corrected chi connectivity index (χ2v) is 5.14. The lowest BCUT2D eigenvalue weighted by molar-refractivity contribution is -0.142. The van der Waals surface area contributed by atoms with E-state index in [0.717, 1.165) is 31.9 Å².